The maximum absolute atomic E-state index is 12.8. The molecule has 8 heteroatoms. The summed E-state index contributed by atoms with van der Waals surface area (Å²) in [4.78, 5) is 11.7. The highest BCUT2D eigenvalue weighted by atomic mass is 16.6. The Bertz CT molecular complexity index is 760. The van der Waals surface area contributed by atoms with Gasteiger partial charge in [0.2, 0.25) is 0 Å². The minimum absolute atomic E-state index is 0.214. The standard InChI is InChI=1S/C17H25N5O3/c1-12(2)10-22(24)6-7-25-13(11-22)8-19-16-14(17(18)23)9-20-21-5-3-4-15(16)21/h3-5,9,12-13,19H,6-8,10-11H2,1-2H3,(H2,18,23). The van der Waals surface area contributed by atoms with Gasteiger partial charge in [0.25, 0.3) is 5.91 Å². The number of nitrogens with zero attached hydrogens (tertiary/aromatic N) is 3. The monoisotopic (exact) mass is 347 g/mol. The fourth-order valence-corrected chi connectivity index (χ4v) is 3.44. The summed E-state index contributed by atoms with van der Waals surface area (Å²) in [6, 6.07) is 3.70. The average molecular weight is 347 g/mol. The number of carbonyl (C=O) groups excluding carboxylic acids is 1. The van der Waals surface area contributed by atoms with Gasteiger partial charge in [-0.2, -0.15) is 5.10 Å². The maximum atomic E-state index is 12.8. The highest BCUT2D eigenvalue weighted by Gasteiger charge is 2.29. The number of morpholine rings is 1. The molecule has 136 valence electrons. The van der Waals surface area contributed by atoms with Crippen molar-refractivity contribution in [3.63, 3.8) is 0 Å². The van der Waals surface area contributed by atoms with Gasteiger partial charge in [0.1, 0.15) is 19.2 Å². The number of fused-ring (bicyclic) bond motifs is 1. The predicted molar refractivity (Wildman–Crippen MR) is 95.0 cm³/mol. The summed E-state index contributed by atoms with van der Waals surface area (Å²) in [5, 5.41) is 20.3. The van der Waals surface area contributed by atoms with Crippen molar-refractivity contribution >= 4 is 17.1 Å². The lowest BCUT2D eigenvalue weighted by molar-refractivity contribution is -0.894. The molecule has 0 radical (unpaired) electrons. The molecular formula is C17H25N5O3. The minimum atomic E-state index is -0.544. The number of ether oxygens (including phenoxy) is 1. The Morgan fingerprint density at radius 1 is 1.60 bits per heavy atom. The summed E-state index contributed by atoms with van der Waals surface area (Å²) in [6.45, 7) is 6.47. The van der Waals surface area contributed by atoms with E-state index in [9.17, 15) is 10.0 Å². The van der Waals surface area contributed by atoms with Crippen LogP contribution < -0.4 is 11.1 Å². The number of hydrogen-bond acceptors (Lipinski definition) is 5. The van der Waals surface area contributed by atoms with Crippen molar-refractivity contribution in [3.8, 4) is 0 Å². The molecule has 0 saturated carbocycles. The Kier molecular flexibility index (Phi) is 4.94. The topological polar surface area (TPSA) is 105 Å². The molecule has 2 unspecified atom stereocenters. The molecule has 0 aliphatic carbocycles. The molecule has 1 amide bonds. The second-order valence-electron chi connectivity index (χ2n) is 7.05. The number of anilines is 1. The molecule has 1 saturated heterocycles. The summed E-state index contributed by atoms with van der Waals surface area (Å²) < 4.78 is 7.19. The molecule has 2 aromatic heterocycles. The van der Waals surface area contributed by atoms with E-state index in [-0.39, 0.29) is 10.8 Å². The fourth-order valence-electron chi connectivity index (χ4n) is 3.44. The molecule has 8 nitrogen and oxygen atoms in total. The zero-order chi connectivity index (χ0) is 18.0. The molecule has 1 aliphatic rings. The van der Waals surface area contributed by atoms with Gasteiger partial charge in [-0.1, -0.05) is 13.8 Å². The van der Waals surface area contributed by atoms with Crippen LogP contribution in [-0.2, 0) is 4.74 Å². The van der Waals surface area contributed by atoms with Crippen LogP contribution in [0.3, 0.4) is 0 Å². The quantitative estimate of drug-likeness (QED) is 0.604. The van der Waals surface area contributed by atoms with Gasteiger partial charge in [0.15, 0.2) is 0 Å². The summed E-state index contributed by atoms with van der Waals surface area (Å²) >= 11 is 0. The molecule has 25 heavy (non-hydrogen) atoms. The average Bonchev–Trinajstić information content (AvgIpc) is 2.99. The van der Waals surface area contributed by atoms with Crippen molar-refractivity contribution in [1.82, 2.24) is 9.61 Å². The first kappa shape index (κ1) is 17.7. The lowest BCUT2D eigenvalue weighted by atomic mass is 10.1. The number of hydrogen-bond donors (Lipinski definition) is 2. The van der Waals surface area contributed by atoms with Crippen LogP contribution in [0.1, 0.15) is 24.2 Å². The van der Waals surface area contributed by atoms with E-state index < -0.39 is 5.91 Å². The fraction of sp³-hybridized carbons (Fsp3) is 0.529. The first-order valence-electron chi connectivity index (χ1n) is 8.57. The van der Waals surface area contributed by atoms with Crippen LogP contribution >= 0.6 is 0 Å². The van der Waals surface area contributed by atoms with Crippen molar-refractivity contribution in [2.24, 2.45) is 11.7 Å². The number of aromatic nitrogens is 2. The third-order valence-corrected chi connectivity index (χ3v) is 4.42. The van der Waals surface area contributed by atoms with E-state index in [4.69, 9.17) is 10.5 Å². The lowest BCUT2D eigenvalue weighted by Gasteiger charge is -2.48. The Labute approximate surface area is 146 Å². The molecule has 3 rings (SSSR count). The van der Waals surface area contributed by atoms with E-state index in [0.29, 0.717) is 50.0 Å². The predicted octanol–water partition coefficient (Wildman–Crippen LogP) is 1.21. The van der Waals surface area contributed by atoms with Gasteiger partial charge in [0, 0.05) is 18.7 Å². The number of primary amides is 1. The van der Waals surface area contributed by atoms with Crippen LogP contribution in [0.5, 0.6) is 0 Å². The second-order valence-corrected chi connectivity index (χ2v) is 7.05. The van der Waals surface area contributed by atoms with Crippen molar-refractivity contribution in [3.05, 3.63) is 35.3 Å². The van der Waals surface area contributed by atoms with Crippen LogP contribution in [0.4, 0.5) is 5.69 Å². The zero-order valence-corrected chi connectivity index (χ0v) is 14.6. The second kappa shape index (κ2) is 6.99. The number of hydroxylamine groups is 3. The molecule has 1 aliphatic heterocycles. The Hall–Kier alpha value is -2.16. The van der Waals surface area contributed by atoms with E-state index in [1.165, 1.54) is 6.20 Å². The van der Waals surface area contributed by atoms with Gasteiger partial charge >= 0.3 is 0 Å². The third-order valence-electron chi connectivity index (χ3n) is 4.42. The van der Waals surface area contributed by atoms with Crippen LogP contribution in [0.15, 0.2) is 24.5 Å². The highest BCUT2D eigenvalue weighted by molar-refractivity contribution is 6.01. The van der Waals surface area contributed by atoms with Gasteiger partial charge < -0.3 is 25.6 Å². The Morgan fingerprint density at radius 2 is 2.40 bits per heavy atom. The summed E-state index contributed by atoms with van der Waals surface area (Å²) in [5.41, 5.74) is 7.18. The summed E-state index contributed by atoms with van der Waals surface area (Å²) in [6.07, 6.45) is 3.03. The SMILES string of the molecule is CC(C)C[N+]1([O-])CCOC(CNc2c(C(N)=O)cnn3cccc23)C1. The Morgan fingerprint density at radius 3 is 3.12 bits per heavy atom. The molecule has 2 atom stereocenters. The molecule has 1 fully saturated rings. The summed E-state index contributed by atoms with van der Waals surface area (Å²) in [7, 11) is 0. The van der Waals surface area contributed by atoms with E-state index in [2.05, 4.69) is 24.3 Å². The van der Waals surface area contributed by atoms with Gasteiger partial charge in [-0.05, 0) is 12.1 Å². The number of nitrogens with one attached hydrogen (secondary N) is 1. The molecule has 3 heterocycles. The van der Waals surface area contributed by atoms with Gasteiger partial charge in [-0.3, -0.25) is 4.79 Å². The number of carbonyl (C=O) groups is 1. The first-order chi connectivity index (χ1) is 11.9. The normalized spacial score (nSPS) is 23.9. The number of nitrogens with two attached hydrogens (primary N) is 1. The maximum Gasteiger partial charge on any atom is 0.252 e. The molecule has 0 aromatic carbocycles. The van der Waals surface area contributed by atoms with Gasteiger partial charge in [0.05, 0.1) is 36.1 Å². The minimum Gasteiger partial charge on any atom is -0.633 e. The highest BCUT2D eigenvalue weighted by Crippen LogP contribution is 2.23. The largest absolute Gasteiger partial charge is 0.633 e. The molecule has 0 spiro atoms. The van der Waals surface area contributed by atoms with Crippen LogP contribution in [0, 0.1) is 11.1 Å². The van der Waals surface area contributed by atoms with Gasteiger partial charge in [-0.15, -0.1) is 0 Å². The van der Waals surface area contributed by atoms with Crippen LogP contribution in [0.25, 0.3) is 5.52 Å². The van der Waals surface area contributed by atoms with Crippen molar-refractivity contribution < 1.29 is 14.2 Å². The first-order valence-corrected chi connectivity index (χ1v) is 8.57. The number of amides is 1. The summed E-state index contributed by atoms with van der Waals surface area (Å²) in [5.74, 6) is -0.205. The third kappa shape index (κ3) is 3.92. The van der Waals surface area contributed by atoms with Gasteiger partial charge in [-0.25, -0.2) is 4.52 Å². The number of rotatable bonds is 6. The molecule has 3 N–H and O–H groups in total. The van der Waals surface area contributed by atoms with E-state index in [1.807, 2.05) is 12.1 Å². The molecule has 0 bridgehead atoms. The molecular weight excluding hydrogens is 322 g/mol. The molecule has 2 aromatic rings. The van der Waals surface area contributed by atoms with Crippen LogP contribution in [-0.4, -0.2) is 59.1 Å². The lowest BCUT2D eigenvalue weighted by Crippen LogP contribution is -2.57. The van der Waals surface area contributed by atoms with E-state index >= 15 is 0 Å². The van der Waals surface area contributed by atoms with E-state index in [0.717, 1.165) is 5.52 Å². The van der Waals surface area contributed by atoms with Crippen molar-refractivity contribution in [1.29, 1.82) is 0 Å². The van der Waals surface area contributed by atoms with Crippen molar-refractivity contribution in [2.75, 3.05) is 38.1 Å². The van der Waals surface area contributed by atoms with E-state index in [1.54, 1.807) is 10.7 Å². The smallest absolute Gasteiger partial charge is 0.252 e. The Balaban J connectivity index is 1.75. The zero-order valence-electron chi connectivity index (χ0n) is 14.6. The van der Waals surface area contributed by atoms with Crippen LogP contribution in [0.2, 0.25) is 0 Å². The van der Waals surface area contributed by atoms with Crippen molar-refractivity contribution in [2.45, 2.75) is 20.0 Å². The number of quaternary nitrogens is 1.